The molecule has 104 valence electrons. The molecule has 1 aliphatic rings. The van der Waals surface area contributed by atoms with Gasteiger partial charge in [0, 0.05) is 18.7 Å². The number of nitrogens with zero attached hydrogens (tertiary/aromatic N) is 1. The van der Waals surface area contributed by atoms with Crippen molar-refractivity contribution in [3.63, 3.8) is 0 Å². The fourth-order valence-corrected chi connectivity index (χ4v) is 2.06. The fraction of sp³-hybridized carbons (Fsp3) is 0.500. The van der Waals surface area contributed by atoms with E-state index in [4.69, 9.17) is 14.2 Å². The fourth-order valence-electron chi connectivity index (χ4n) is 2.06. The monoisotopic (exact) mass is 265 g/mol. The molecule has 0 aromatic heterocycles. The minimum atomic E-state index is 0.0860. The first kappa shape index (κ1) is 13.8. The molecular weight excluding hydrogens is 246 g/mol. The van der Waals surface area contributed by atoms with Crippen molar-refractivity contribution in [2.24, 2.45) is 0 Å². The molecule has 1 heterocycles. The summed E-state index contributed by atoms with van der Waals surface area (Å²) in [6.45, 7) is 3.41. The van der Waals surface area contributed by atoms with Gasteiger partial charge >= 0.3 is 0 Å². The summed E-state index contributed by atoms with van der Waals surface area (Å²) in [7, 11) is 3.14. The second kappa shape index (κ2) is 6.54. The molecule has 5 nitrogen and oxygen atoms in total. The molecule has 0 N–H and O–H groups in total. The lowest BCUT2D eigenvalue weighted by Gasteiger charge is -2.25. The quantitative estimate of drug-likeness (QED) is 0.749. The standard InChI is InChI=1S/C14H19NO4/c1-17-13-4-3-11(9-14(13)18-2)12(16)10-15-5-7-19-8-6-15/h3-4,9H,5-8,10H2,1-2H3. The van der Waals surface area contributed by atoms with E-state index < -0.39 is 0 Å². The number of benzene rings is 1. The van der Waals surface area contributed by atoms with Gasteiger partial charge in [0.1, 0.15) is 0 Å². The van der Waals surface area contributed by atoms with Crippen molar-refractivity contribution >= 4 is 5.78 Å². The molecule has 0 radical (unpaired) electrons. The Kier molecular flexibility index (Phi) is 4.76. The lowest BCUT2D eigenvalue weighted by atomic mass is 10.1. The van der Waals surface area contributed by atoms with Gasteiger partial charge in [0.15, 0.2) is 17.3 Å². The topological polar surface area (TPSA) is 48.0 Å². The van der Waals surface area contributed by atoms with E-state index in [-0.39, 0.29) is 5.78 Å². The summed E-state index contributed by atoms with van der Waals surface area (Å²) in [4.78, 5) is 14.3. The van der Waals surface area contributed by atoms with Gasteiger partial charge in [-0.3, -0.25) is 9.69 Å². The summed E-state index contributed by atoms with van der Waals surface area (Å²) in [5.74, 6) is 1.30. The summed E-state index contributed by atoms with van der Waals surface area (Å²) >= 11 is 0. The van der Waals surface area contributed by atoms with Gasteiger partial charge in [-0.15, -0.1) is 0 Å². The van der Waals surface area contributed by atoms with E-state index in [0.717, 1.165) is 13.1 Å². The number of hydrogen-bond donors (Lipinski definition) is 0. The van der Waals surface area contributed by atoms with Gasteiger partial charge in [-0.1, -0.05) is 0 Å². The maximum Gasteiger partial charge on any atom is 0.176 e. The Morgan fingerprint density at radius 3 is 2.53 bits per heavy atom. The number of hydrogen-bond acceptors (Lipinski definition) is 5. The van der Waals surface area contributed by atoms with E-state index in [1.807, 2.05) is 0 Å². The van der Waals surface area contributed by atoms with Gasteiger partial charge in [0.2, 0.25) is 0 Å². The molecule has 19 heavy (non-hydrogen) atoms. The van der Waals surface area contributed by atoms with E-state index in [2.05, 4.69) is 4.90 Å². The van der Waals surface area contributed by atoms with Crippen LogP contribution in [-0.2, 0) is 4.74 Å². The Morgan fingerprint density at radius 1 is 1.21 bits per heavy atom. The number of carbonyl (C=O) groups is 1. The van der Waals surface area contributed by atoms with Crippen LogP contribution in [0, 0.1) is 0 Å². The third-order valence-electron chi connectivity index (χ3n) is 3.18. The number of Topliss-reactive ketones (excluding diaryl/α,β-unsaturated/α-hetero) is 1. The molecule has 0 aliphatic carbocycles. The first-order valence-electron chi connectivity index (χ1n) is 6.30. The average Bonchev–Trinajstić information content (AvgIpc) is 2.47. The molecule has 0 saturated carbocycles. The number of rotatable bonds is 5. The van der Waals surface area contributed by atoms with Crippen molar-refractivity contribution in [1.29, 1.82) is 0 Å². The zero-order valence-corrected chi connectivity index (χ0v) is 11.3. The summed E-state index contributed by atoms with van der Waals surface area (Å²) in [6, 6.07) is 5.25. The summed E-state index contributed by atoms with van der Waals surface area (Å²) in [5, 5.41) is 0. The second-order valence-electron chi connectivity index (χ2n) is 4.38. The van der Waals surface area contributed by atoms with Gasteiger partial charge in [-0.2, -0.15) is 0 Å². The van der Waals surface area contributed by atoms with Crippen LogP contribution in [0.2, 0.25) is 0 Å². The molecule has 5 heteroatoms. The van der Waals surface area contributed by atoms with Crippen LogP contribution in [-0.4, -0.2) is 57.8 Å². The molecule has 1 aliphatic heterocycles. The third kappa shape index (κ3) is 3.45. The predicted octanol–water partition coefficient (Wildman–Crippen LogP) is 1.22. The Hall–Kier alpha value is -1.59. The molecule has 0 atom stereocenters. The first-order chi connectivity index (χ1) is 9.24. The molecular formula is C14H19NO4. The lowest BCUT2D eigenvalue weighted by Crippen LogP contribution is -2.39. The summed E-state index contributed by atoms with van der Waals surface area (Å²) in [6.07, 6.45) is 0. The number of ketones is 1. The SMILES string of the molecule is COc1ccc(C(=O)CN2CCOCC2)cc1OC. The van der Waals surface area contributed by atoms with Crippen molar-refractivity contribution in [2.45, 2.75) is 0 Å². The zero-order chi connectivity index (χ0) is 13.7. The van der Waals surface area contributed by atoms with Crippen molar-refractivity contribution < 1.29 is 19.0 Å². The average molecular weight is 265 g/mol. The highest BCUT2D eigenvalue weighted by molar-refractivity contribution is 5.98. The summed E-state index contributed by atoms with van der Waals surface area (Å²) < 4.78 is 15.6. The van der Waals surface area contributed by atoms with Crippen LogP contribution in [0.4, 0.5) is 0 Å². The Balaban J connectivity index is 2.05. The van der Waals surface area contributed by atoms with Gasteiger partial charge in [-0.05, 0) is 18.2 Å². The highest BCUT2D eigenvalue weighted by Gasteiger charge is 2.16. The Morgan fingerprint density at radius 2 is 1.89 bits per heavy atom. The van der Waals surface area contributed by atoms with E-state index in [1.54, 1.807) is 32.4 Å². The highest BCUT2D eigenvalue weighted by atomic mass is 16.5. The predicted molar refractivity (Wildman–Crippen MR) is 71.1 cm³/mol. The number of methoxy groups -OCH3 is 2. The minimum Gasteiger partial charge on any atom is -0.493 e. The van der Waals surface area contributed by atoms with Crippen LogP contribution in [0.1, 0.15) is 10.4 Å². The highest BCUT2D eigenvalue weighted by Crippen LogP contribution is 2.27. The van der Waals surface area contributed by atoms with Gasteiger partial charge in [0.25, 0.3) is 0 Å². The Labute approximate surface area is 113 Å². The van der Waals surface area contributed by atoms with Crippen LogP contribution >= 0.6 is 0 Å². The van der Waals surface area contributed by atoms with Gasteiger partial charge in [0.05, 0.1) is 34.0 Å². The normalized spacial score (nSPS) is 16.1. The van der Waals surface area contributed by atoms with Crippen molar-refractivity contribution in [1.82, 2.24) is 4.90 Å². The molecule has 0 unspecified atom stereocenters. The van der Waals surface area contributed by atoms with Crippen LogP contribution in [0.3, 0.4) is 0 Å². The van der Waals surface area contributed by atoms with Crippen molar-refractivity contribution in [3.8, 4) is 11.5 Å². The van der Waals surface area contributed by atoms with Crippen LogP contribution in [0.25, 0.3) is 0 Å². The minimum absolute atomic E-state index is 0.0860. The molecule has 1 fully saturated rings. The number of ether oxygens (including phenoxy) is 3. The number of carbonyl (C=O) groups excluding carboxylic acids is 1. The van der Waals surface area contributed by atoms with E-state index in [1.165, 1.54) is 0 Å². The number of morpholine rings is 1. The largest absolute Gasteiger partial charge is 0.493 e. The maximum atomic E-state index is 12.2. The van der Waals surface area contributed by atoms with Crippen LogP contribution < -0.4 is 9.47 Å². The van der Waals surface area contributed by atoms with Crippen LogP contribution in [0.5, 0.6) is 11.5 Å². The first-order valence-corrected chi connectivity index (χ1v) is 6.30. The molecule has 0 bridgehead atoms. The smallest absolute Gasteiger partial charge is 0.176 e. The van der Waals surface area contributed by atoms with Gasteiger partial charge in [-0.25, -0.2) is 0 Å². The maximum absolute atomic E-state index is 12.2. The lowest BCUT2D eigenvalue weighted by molar-refractivity contribution is 0.0371. The molecule has 0 spiro atoms. The van der Waals surface area contributed by atoms with Crippen molar-refractivity contribution in [3.05, 3.63) is 23.8 Å². The van der Waals surface area contributed by atoms with E-state index >= 15 is 0 Å². The Bertz CT molecular complexity index is 441. The second-order valence-corrected chi connectivity index (χ2v) is 4.38. The van der Waals surface area contributed by atoms with Crippen LogP contribution in [0.15, 0.2) is 18.2 Å². The van der Waals surface area contributed by atoms with Crippen molar-refractivity contribution in [2.75, 3.05) is 47.1 Å². The zero-order valence-electron chi connectivity index (χ0n) is 11.3. The summed E-state index contributed by atoms with van der Waals surface area (Å²) in [5.41, 5.74) is 0.643. The van der Waals surface area contributed by atoms with E-state index in [9.17, 15) is 4.79 Å². The van der Waals surface area contributed by atoms with E-state index in [0.29, 0.717) is 36.8 Å². The van der Waals surface area contributed by atoms with Gasteiger partial charge < -0.3 is 14.2 Å². The molecule has 1 aromatic rings. The third-order valence-corrected chi connectivity index (χ3v) is 3.18. The molecule has 1 aromatic carbocycles. The molecule has 2 rings (SSSR count). The molecule has 0 amide bonds. The molecule has 1 saturated heterocycles.